The van der Waals surface area contributed by atoms with Gasteiger partial charge < -0.3 is 10.0 Å². The van der Waals surface area contributed by atoms with Crippen LogP contribution in [0.4, 0.5) is 0 Å². The molecule has 0 aromatic carbocycles. The van der Waals surface area contributed by atoms with Crippen LogP contribution in [0.5, 0.6) is 0 Å². The van der Waals surface area contributed by atoms with Crippen LogP contribution in [-0.4, -0.2) is 28.4 Å². The Hall–Kier alpha value is -1.36. The van der Waals surface area contributed by atoms with Gasteiger partial charge in [0.2, 0.25) is 0 Å². The molecule has 0 unspecified atom stereocenters. The van der Waals surface area contributed by atoms with Gasteiger partial charge in [0.1, 0.15) is 0 Å². The van der Waals surface area contributed by atoms with E-state index in [4.69, 9.17) is 5.11 Å². The van der Waals surface area contributed by atoms with E-state index >= 15 is 0 Å². The molecule has 0 aliphatic carbocycles. The zero-order chi connectivity index (χ0) is 10.1. The van der Waals surface area contributed by atoms with Gasteiger partial charge in [0.05, 0.1) is 0 Å². The van der Waals surface area contributed by atoms with E-state index in [2.05, 4.69) is 0 Å². The van der Waals surface area contributed by atoms with Crippen LogP contribution in [0.1, 0.15) is 10.4 Å². The first-order chi connectivity index (χ1) is 6.68. The van der Waals surface area contributed by atoms with Gasteiger partial charge in [-0.25, -0.2) is 4.79 Å². The molecule has 1 aromatic heterocycles. The van der Waals surface area contributed by atoms with Gasteiger partial charge >= 0.3 is 11.9 Å². The van der Waals surface area contributed by atoms with Gasteiger partial charge in [-0.05, 0) is 23.4 Å². The molecular weight excluding hydrogens is 202 g/mol. The fourth-order valence-corrected chi connectivity index (χ4v) is 2.45. The summed E-state index contributed by atoms with van der Waals surface area (Å²) in [5.41, 5.74) is 1.08. The second-order valence-corrected chi connectivity index (χ2v) is 4.15. The van der Waals surface area contributed by atoms with Crippen LogP contribution in [0.3, 0.4) is 0 Å². The largest absolute Gasteiger partial charge is 0.474 e. The molecule has 74 valence electrons. The topological polar surface area (TPSA) is 57.6 Å². The normalized spacial score (nSPS) is 15.0. The molecule has 5 heteroatoms. The summed E-state index contributed by atoms with van der Waals surface area (Å²) in [5, 5.41) is 10.5. The first-order valence-electron chi connectivity index (χ1n) is 4.26. The van der Waals surface area contributed by atoms with Crippen LogP contribution in [0.15, 0.2) is 11.4 Å². The number of carboxylic acid groups (broad SMARTS) is 1. The monoisotopic (exact) mass is 211 g/mol. The standard InChI is InChI=1S/C9H9NO3S/c11-8(9(12)13)10-3-1-7-6(5-10)2-4-14-7/h2,4H,1,3,5H2,(H,12,13). The summed E-state index contributed by atoms with van der Waals surface area (Å²) in [6.07, 6.45) is 0.770. The lowest BCUT2D eigenvalue weighted by Gasteiger charge is -2.25. The van der Waals surface area contributed by atoms with E-state index in [-0.39, 0.29) is 0 Å². The van der Waals surface area contributed by atoms with Gasteiger partial charge in [-0.15, -0.1) is 11.3 Å². The van der Waals surface area contributed by atoms with Crippen molar-refractivity contribution in [2.75, 3.05) is 6.54 Å². The lowest BCUT2D eigenvalue weighted by atomic mass is 10.1. The average Bonchev–Trinajstić information content (AvgIpc) is 2.62. The van der Waals surface area contributed by atoms with Crippen molar-refractivity contribution in [1.82, 2.24) is 4.90 Å². The van der Waals surface area contributed by atoms with Crippen LogP contribution < -0.4 is 0 Å². The number of carbonyl (C=O) groups excluding carboxylic acids is 1. The first-order valence-corrected chi connectivity index (χ1v) is 5.14. The number of hydrogen-bond acceptors (Lipinski definition) is 3. The third-order valence-corrected chi connectivity index (χ3v) is 3.30. The summed E-state index contributed by atoms with van der Waals surface area (Å²) in [7, 11) is 0. The van der Waals surface area contributed by atoms with Crippen molar-refractivity contribution in [2.24, 2.45) is 0 Å². The molecule has 0 atom stereocenters. The molecule has 2 rings (SSSR count). The van der Waals surface area contributed by atoms with Crippen LogP contribution in [0.2, 0.25) is 0 Å². The Morgan fingerprint density at radius 2 is 2.29 bits per heavy atom. The van der Waals surface area contributed by atoms with Gasteiger partial charge in [0.25, 0.3) is 0 Å². The van der Waals surface area contributed by atoms with Crippen LogP contribution >= 0.6 is 11.3 Å². The van der Waals surface area contributed by atoms with E-state index in [1.54, 1.807) is 11.3 Å². The third kappa shape index (κ3) is 1.50. The summed E-state index contributed by atoms with van der Waals surface area (Å²) in [5.74, 6) is -2.18. The van der Waals surface area contributed by atoms with E-state index in [9.17, 15) is 9.59 Å². The van der Waals surface area contributed by atoms with Gasteiger partial charge in [-0.3, -0.25) is 4.79 Å². The molecule has 0 spiro atoms. The molecular formula is C9H9NO3S. The molecule has 4 nitrogen and oxygen atoms in total. The maximum Gasteiger partial charge on any atom is 0.394 e. The molecule has 0 fully saturated rings. The number of aliphatic carboxylic acids is 1. The third-order valence-electron chi connectivity index (χ3n) is 2.28. The van der Waals surface area contributed by atoms with Gasteiger partial charge in [0, 0.05) is 18.0 Å². The summed E-state index contributed by atoms with van der Waals surface area (Å²) < 4.78 is 0. The van der Waals surface area contributed by atoms with Gasteiger partial charge in [0.15, 0.2) is 0 Å². The number of carboxylic acids is 1. The maximum absolute atomic E-state index is 11.2. The Labute approximate surface area is 84.8 Å². The Morgan fingerprint density at radius 3 is 3.00 bits per heavy atom. The Kier molecular flexibility index (Phi) is 2.25. The number of hydrogen-bond donors (Lipinski definition) is 1. The summed E-state index contributed by atoms with van der Waals surface area (Å²) in [6, 6.07) is 1.95. The minimum Gasteiger partial charge on any atom is -0.474 e. The highest BCUT2D eigenvalue weighted by Gasteiger charge is 2.25. The lowest BCUT2D eigenvalue weighted by molar-refractivity contribution is -0.156. The predicted molar refractivity (Wildman–Crippen MR) is 51.1 cm³/mol. The minimum atomic E-state index is -1.37. The van der Waals surface area contributed by atoms with Crippen molar-refractivity contribution < 1.29 is 14.7 Å². The summed E-state index contributed by atoms with van der Waals surface area (Å²) >= 11 is 1.66. The van der Waals surface area contributed by atoms with Gasteiger partial charge in [-0.2, -0.15) is 0 Å². The molecule has 2 heterocycles. The van der Waals surface area contributed by atoms with Crippen molar-refractivity contribution in [2.45, 2.75) is 13.0 Å². The summed E-state index contributed by atoms with van der Waals surface area (Å²) in [4.78, 5) is 24.3. The number of nitrogens with zero attached hydrogens (tertiary/aromatic N) is 1. The maximum atomic E-state index is 11.2. The highest BCUT2D eigenvalue weighted by molar-refractivity contribution is 7.10. The van der Waals surface area contributed by atoms with Crippen molar-refractivity contribution >= 4 is 23.2 Å². The number of fused-ring (bicyclic) bond motifs is 1. The average molecular weight is 211 g/mol. The quantitative estimate of drug-likeness (QED) is 0.643. The second-order valence-electron chi connectivity index (χ2n) is 3.15. The van der Waals surface area contributed by atoms with Crippen molar-refractivity contribution in [3.63, 3.8) is 0 Å². The molecule has 1 N–H and O–H groups in total. The Bertz CT molecular complexity index is 385. The van der Waals surface area contributed by atoms with E-state index in [0.29, 0.717) is 13.1 Å². The molecule has 0 bridgehead atoms. The van der Waals surface area contributed by atoms with E-state index in [0.717, 1.165) is 12.0 Å². The van der Waals surface area contributed by atoms with Crippen molar-refractivity contribution in [1.29, 1.82) is 0 Å². The fourth-order valence-electron chi connectivity index (χ4n) is 1.56. The number of amides is 1. The molecule has 0 radical (unpaired) electrons. The molecule has 1 aromatic rings. The molecule has 0 saturated heterocycles. The SMILES string of the molecule is O=C(O)C(=O)N1CCc2sccc2C1. The smallest absolute Gasteiger partial charge is 0.394 e. The number of rotatable bonds is 0. The number of thiophene rings is 1. The molecule has 14 heavy (non-hydrogen) atoms. The minimum absolute atomic E-state index is 0.434. The van der Waals surface area contributed by atoms with Crippen molar-refractivity contribution in [3.05, 3.63) is 21.9 Å². The highest BCUT2D eigenvalue weighted by Crippen LogP contribution is 2.23. The number of carbonyl (C=O) groups is 2. The molecule has 1 aliphatic heterocycles. The molecule has 0 saturated carbocycles. The fraction of sp³-hybridized carbons (Fsp3) is 0.333. The molecule has 1 aliphatic rings. The zero-order valence-corrected chi connectivity index (χ0v) is 8.21. The first kappa shape index (κ1) is 9.21. The Balaban J connectivity index is 2.15. The Morgan fingerprint density at radius 1 is 1.50 bits per heavy atom. The van der Waals surface area contributed by atoms with E-state index in [1.807, 2.05) is 11.4 Å². The van der Waals surface area contributed by atoms with Crippen LogP contribution in [0.25, 0.3) is 0 Å². The van der Waals surface area contributed by atoms with E-state index in [1.165, 1.54) is 9.78 Å². The van der Waals surface area contributed by atoms with Crippen LogP contribution in [-0.2, 0) is 22.6 Å². The van der Waals surface area contributed by atoms with Gasteiger partial charge in [-0.1, -0.05) is 0 Å². The van der Waals surface area contributed by atoms with E-state index < -0.39 is 11.9 Å². The lowest BCUT2D eigenvalue weighted by Crippen LogP contribution is -2.39. The second kappa shape index (κ2) is 3.42. The molecule has 1 amide bonds. The van der Waals surface area contributed by atoms with Crippen LogP contribution in [0, 0.1) is 0 Å². The van der Waals surface area contributed by atoms with Crippen molar-refractivity contribution in [3.8, 4) is 0 Å². The highest BCUT2D eigenvalue weighted by atomic mass is 32.1. The summed E-state index contributed by atoms with van der Waals surface area (Å²) in [6.45, 7) is 0.947. The predicted octanol–water partition coefficient (Wildman–Crippen LogP) is 0.717. The zero-order valence-electron chi connectivity index (χ0n) is 7.40.